The molecule has 1 fully saturated rings. The normalized spacial score (nSPS) is 18.2. The van der Waals surface area contributed by atoms with Crippen molar-refractivity contribution in [2.45, 2.75) is 51.9 Å². The molecule has 1 nitrogen and oxygen atoms in total. The van der Waals surface area contributed by atoms with E-state index in [1.807, 2.05) is 0 Å². The molecule has 0 radical (unpaired) electrons. The Hall–Kier alpha value is -0.820. The zero-order valence-electron chi connectivity index (χ0n) is 12.1. The van der Waals surface area contributed by atoms with E-state index in [1.54, 1.807) is 5.56 Å². The van der Waals surface area contributed by atoms with E-state index in [0.717, 1.165) is 18.4 Å². The van der Waals surface area contributed by atoms with Crippen LogP contribution in [0.15, 0.2) is 18.2 Å². The maximum Gasteiger partial charge on any atom is -0.00460 e. The van der Waals surface area contributed by atoms with Gasteiger partial charge in [0, 0.05) is 0 Å². The van der Waals surface area contributed by atoms with Gasteiger partial charge in [0.25, 0.3) is 0 Å². The lowest BCUT2D eigenvalue weighted by Gasteiger charge is -2.25. The van der Waals surface area contributed by atoms with Crippen molar-refractivity contribution in [2.75, 3.05) is 13.6 Å². The van der Waals surface area contributed by atoms with Crippen LogP contribution < -0.4 is 5.32 Å². The van der Waals surface area contributed by atoms with E-state index >= 15 is 0 Å². The van der Waals surface area contributed by atoms with E-state index in [9.17, 15) is 0 Å². The zero-order chi connectivity index (χ0) is 13.0. The first-order chi connectivity index (χ1) is 8.70. The van der Waals surface area contributed by atoms with Gasteiger partial charge in [-0.05, 0) is 64.1 Å². The molecule has 0 bridgehead atoms. The van der Waals surface area contributed by atoms with Crippen LogP contribution in [0, 0.1) is 19.8 Å². The minimum Gasteiger partial charge on any atom is -0.320 e. The molecule has 100 valence electrons. The van der Waals surface area contributed by atoms with Gasteiger partial charge >= 0.3 is 0 Å². The summed E-state index contributed by atoms with van der Waals surface area (Å²) in [6, 6.07) is 7.10. The van der Waals surface area contributed by atoms with Gasteiger partial charge in [0.05, 0.1) is 0 Å². The number of hydrogen-bond acceptors (Lipinski definition) is 1. The van der Waals surface area contributed by atoms with Gasteiger partial charge in [0.2, 0.25) is 0 Å². The van der Waals surface area contributed by atoms with Gasteiger partial charge in [0.15, 0.2) is 0 Å². The van der Waals surface area contributed by atoms with Gasteiger partial charge in [-0.1, -0.05) is 42.2 Å². The fourth-order valence-electron chi connectivity index (χ4n) is 3.56. The highest BCUT2D eigenvalue weighted by Gasteiger charge is 2.26. The highest BCUT2D eigenvalue weighted by molar-refractivity contribution is 5.31. The van der Waals surface area contributed by atoms with Crippen LogP contribution in [-0.2, 0) is 0 Å². The van der Waals surface area contributed by atoms with Crippen LogP contribution in [0.3, 0.4) is 0 Å². The van der Waals surface area contributed by atoms with Crippen LogP contribution in [0.5, 0.6) is 0 Å². The first kappa shape index (κ1) is 13.6. The summed E-state index contributed by atoms with van der Waals surface area (Å²) in [4.78, 5) is 0. The van der Waals surface area contributed by atoms with Crippen LogP contribution in [0.4, 0.5) is 0 Å². The molecule has 0 aromatic heterocycles. The minimum atomic E-state index is 0.763. The highest BCUT2D eigenvalue weighted by atomic mass is 14.8. The zero-order valence-corrected chi connectivity index (χ0v) is 12.1. The third-order valence-electron chi connectivity index (χ3n) is 4.35. The molecule has 0 spiro atoms. The largest absolute Gasteiger partial charge is 0.320 e. The molecule has 1 aliphatic carbocycles. The van der Waals surface area contributed by atoms with Crippen molar-refractivity contribution < 1.29 is 0 Å². The predicted molar refractivity (Wildman–Crippen MR) is 79.2 cm³/mol. The molecule has 2 rings (SSSR count). The minimum absolute atomic E-state index is 0.763. The lowest BCUT2D eigenvalue weighted by Crippen LogP contribution is -2.17. The second-order valence-electron chi connectivity index (χ2n) is 5.96. The molecule has 18 heavy (non-hydrogen) atoms. The molecule has 1 unspecified atom stereocenters. The second kappa shape index (κ2) is 6.38. The van der Waals surface area contributed by atoms with Crippen molar-refractivity contribution in [3.8, 4) is 0 Å². The predicted octanol–water partition coefficient (Wildman–Crippen LogP) is 4.19. The van der Waals surface area contributed by atoms with Crippen molar-refractivity contribution in [1.82, 2.24) is 5.32 Å². The Bertz CT molecular complexity index is 357. The van der Waals surface area contributed by atoms with E-state index in [4.69, 9.17) is 0 Å². The van der Waals surface area contributed by atoms with Crippen LogP contribution in [-0.4, -0.2) is 13.6 Å². The molecule has 0 saturated heterocycles. The number of rotatable bonds is 5. The third-order valence-corrected chi connectivity index (χ3v) is 4.35. The van der Waals surface area contributed by atoms with Gasteiger partial charge in [0.1, 0.15) is 0 Å². The van der Waals surface area contributed by atoms with Gasteiger partial charge in [-0.3, -0.25) is 0 Å². The summed E-state index contributed by atoms with van der Waals surface area (Å²) in [6.45, 7) is 5.58. The van der Waals surface area contributed by atoms with Crippen molar-refractivity contribution in [3.05, 3.63) is 34.9 Å². The topological polar surface area (TPSA) is 12.0 Å². The molecule has 1 N–H and O–H groups in total. The first-order valence-corrected chi connectivity index (χ1v) is 7.43. The summed E-state index contributed by atoms with van der Waals surface area (Å²) >= 11 is 0. The lowest BCUT2D eigenvalue weighted by atomic mass is 9.81. The first-order valence-electron chi connectivity index (χ1n) is 7.43. The molecule has 1 aromatic carbocycles. The summed E-state index contributed by atoms with van der Waals surface area (Å²) in [5, 5.41) is 3.32. The van der Waals surface area contributed by atoms with Gasteiger partial charge in [-0.25, -0.2) is 0 Å². The molecule has 0 amide bonds. The summed E-state index contributed by atoms with van der Waals surface area (Å²) in [6.07, 6.45) is 7.02. The monoisotopic (exact) mass is 245 g/mol. The number of benzene rings is 1. The van der Waals surface area contributed by atoms with Gasteiger partial charge < -0.3 is 5.32 Å². The summed E-state index contributed by atoms with van der Waals surface area (Å²) in [5.74, 6) is 1.68. The Morgan fingerprint density at radius 1 is 1.11 bits per heavy atom. The molecule has 1 aromatic rings. The average Bonchev–Trinajstić information content (AvgIpc) is 2.82. The van der Waals surface area contributed by atoms with Crippen LogP contribution in [0.2, 0.25) is 0 Å². The van der Waals surface area contributed by atoms with Crippen molar-refractivity contribution in [3.63, 3.8) is 0 Å². The standard InChI is InChI=1S/C17H27N/c1-13-10-14(2)12-16(11-13)17(8-9-18-3)15-6-4-5-7-15/h10-12,15,17-18H,4-9H2,1-3H3. The Morgan fingerprint density at radius 2 is 1.72 bits per heavy atom. The van der Waals surface area contributed by atoms with Crippen LogP contribution >= 0.6 is 0 Å². The number of hydrogen-bond donors (Lipinski definition) is 1. The maximum atomic E-state index is 3.32. The van der Waals surface area contributed by atoms with Crippen LogP contribution in [0.25, 0.3) is 0 Å². The molecule has 1 atom stereocenters. The van der Waals surface area contributed by atoms with Gasteiger partial charge in [-0.2, -0.15) is 0 Å². The van der Waals surface area contributed by atoms with Crippen molar-refractivity contribution in [2.24, 2.45) is 5.92 Å². The quantitative estimate of drug-likeness (QED) is 0.820. The Balaban J connectivity index is 2.20. The third kappa shape index (κ3) is 3.35. The molecule has 0 aliphatic heterocycles. The second-order valence-corrected chi connectivity index (χ2v) is 5.96. The summed E-state index contributed by atoms with van der Waals surface area (Å²) in [5.41, 5.74) is 4.41. The molecular weight excluding hydrogens is 218 g/mol. The Kier molecular flexibility index (Phi) is 4.82. The Morgan fingerprint density at radius 3 is 2.28 bits per heavy atom. The smallest absolute Gasteiger partial charge is 0.00460 e. The van der Waals surface area contributed by atoms with Gasteiger partial charge in [-0.15, -0.1) is 0 Å². The fraction of sp³-hybridized carbons (Fsp3) is 0.647. The maximum absolute atomic E-state index is 3.32. The number of aryl methyl sites for hydroxylation is 2. The van der Waals surface area contributed by atoms with E-state index < -0.39 is 0 Å². The Labute approximate surface area is 112 Å². The number of nitrogens with one attached hydrogen (secondary N) is 1. The van der Waals surface area contributed by atoms with E-state index in [2.05, 4.69) is 44.4 Å². The van der Waals surface area contributed by atoms with E-state index in [-0.39, 0.29) is 0 Å². The molecule has 1 heteroatoms. The molecular formula is C17H27N. The summed E-state index contributed by atoms with van der Waals surface area (Å²) in [7, 11) is 2.06. The average molecular weight is 245 g/mol. The SMILES string of the molecule is CNCCC(c1cc(C)cc(C)c1)C1CCCC1. The van der Waals surface area contributed by atoms with E-state index in [0.29, 0.717) is 0 Å². The van der Waals surface area contributed by atoms with Crippen molar-refractivity contribution in [1.29, 1.82) is 0 Å². The van der Waals surface area contributed by atoms with Crippen molar-refractivity contribution >= 4 is 0 Å². The fourth-order valence-corrected chi connectivity index (χ4v) is 3.56. The van der Waals surface area contributed by atoms with E-state index in [1.165, 1.54) is 43.2 Å². The molecule has 1 saturated carbocycles. The summed E-state index contributed by atoms with van der Waals surface area (Å²) < 4.78 is 0. The van der Waals surface area contributed by atoms with Crippen LogP contribution in [0.1, 0.15) is 54.7 Å². The molecule has 1 aliphatic rings. The highest BCUT2D eigenvalue weighted by Crippen LogP contribution is 2.39. The molecule has 0 heterocycles. The lowest BCUT2D eigenvalue weighted by molar-refractivity contribution is 0.407.